The first kappa shape index (κ1) is 25.2. The van der Waals surface area contributed by atoms with E-state index in [1.54, 1.807) is 0 Å². The number of aliphatic hydroxyl groups is 4. The zero-order valence-electron chi connectivity index (χ0n) is 17.9. The van der Waals surface area contributed by atoms with E-state index in [9.17, 15) is 20.4 Å². The Hall–Kier alpha value is -1.06. The van der Waals surface area contributed by atoms with Gasteiger partial charge in [0.1, 0.15) is 24.4 Å². The van der Waals surface area contributed by atoms with E-state index in [4.69, 9.17) is 14.2 Å². The molecule has 0 radical (unpaired) electrons. The Morgan fingerprint density at radius 1 is 0.933 bits per heavy atom. The predicted molar refractivity (Wildman–Crippen MR) is 113 cm³/mol. The van der Waals surface area contributed by atoms with Gasteiger partial charge in [-0.3, -0.25) is 0 Å². The van der Waals surface area contributed by atoms with Crippen LogP contribution in [0, 0.1) is 0 Å². The highest BCUT2D eigenvalue weighted by molar-refractivity contribution is 5.13. The molecule has 6 atom stereocenters. The highest BCUT2D eigenvalue weighted by atomic mass is 16.7. The molecule has 1 fully saturated rings. The van der Waals surface area contributed by atoms with Gasteiger partial charge >= 0.3 is 0 Å². The van der Waals surface area contributed by atoms with Crippen LogP contribution in [-0.2, 0) is 20.8 Å². The Kier molecular flexibility index (Phi) is 11.8. The van der Waals surface area contributed by atoms with Crippen molar-refractivity contribution in [3.63, 3.8) is 0 Å². The van der Waals surface area contributed by atoms with Crippen LogP contribution in [0.2, 0.25) is 0 Å². The third kappa shape index (κ3) is 8.23. The van der Waals surface area contributed by atoms with Crippen LogP contribution in [0.15, 0.2) is 30.3 Å². The number of ether oxygens (including phenoxy) is 3. The monoisotopic (exact) mass is 426 g/mol. The van der Waals surface area contributed by atoms with Crippen molar-refractivity contribution in [1.29, 1.82) is 0 Å². The molecule has 1 aliphatic rings. The van der Waals surface area contributed by atoms with Crippen LogP contribution in [0.5, 0.6) is 0 Å². The molecule has 0 unspecified atom stereocenters. The summed E-state index contributed by atoms with van der Waals surface area (Å²) in [5, 5.41) is 39.6. The minimum atomic E-state index is -1.44. The maximum absolute atomic E-state index is 10.3. The summed E-state index contributed by atoms with van der Waals surface area (Å²) < 4.78 is 17.3. The Morgan fingerprint density at radius 3 is 2.33 bits per heavy atom. The fraction of sp³-hybridized carbons (Fsp3) is 0.739. The standard InChI is InChI=1S/C23H38O7/c1-2-3-4-5-6-10-13-18(16-28-15-17-11-8-7-9-12-17)29-23-22(27)21(26)20(25)19(14-24)30-23/h7-9,11-12,18-27H,2-6,10,13-16H2,1H3/t18-,19-,20-,21+,22-,23-/m1/s1. The predicted octanol–water partition coefficient (Wildman–Crippen LogP) is 2.14. The summed E-state index contributed by atoms with van der Waals surface area (Å²) in [5.41, 5.74) is 1.06. The molecule has 1 aliphatic heterocycles. The maximum Gasteiger partial charge on any atom is 0.187 e. The molecule has 0 amide bonds. The van der Waals surface area contributed by atoms with Gasteiger partial charge in [0.15, 0.2) is 6.29 Å². The Morgan fingerprint density at radius 2 is 1.63 bits per heavy atom. The summed E-state index contributed by atoms with van der Waals surface area (Å²) in [6.07, 6.45) is 0.942. The number of benzene rings is 1. The summed E-state index contributed by atoms with van der Waals surface area (Å²) in [5.74, 6) is 0. The van der Waals surface area contributed by atoms with E-state index >= 15 is 0 Å². The van der Waals surface area contributed by atoms with E-state index in [1.165, 1.54) is 25.7 Å². The SMILES string of the molecule is CCCCCCCC[C@H](COCc1ccccc1)O[C@@H]1O[C@H](CO)[C@@H](O)[C@H](O)[C@H]1O. The summed E-state index contributed by atoms with van der Waals surface area (Å²) >= 11 is 0. The van der Waals surface area contributed by atoms with Crippen molar-refractivity contribution in [2.75, 3.05) is 13.2 Å². The Labute approximate surface area is 179 Å². The van der Waals surface area contributed by atoms with Crippen molar-refractivity contribution in [2.45, 2.75) is 95.3 Å². The van der Waals surface area contributed by atoms with E-state index in [0.717, 1.165) is 24.8 Å². The van der Waals surface area contributed by atoms with Crippen LogP contribution in [0.25, 0.3) is 0 Å². The molecular formula is C23H38O7. The molecule has 7 nitrogen and oxygen atoms in total. The topological polar surface area (TPSA) is 109 Å². The van der Waals surface area contributed by atoms with Gasteiger partial charge in [-0.05, 0) is 12.0 Å². The summed E-state index contributed by atoms with van der Waals surface area (Å²) in [4.78, 5) is 0. The largest absolute Gasteiger partial charge is 0.394 e. The minimum Gasteiger partial charge on any atom is -0.394 e. The molecule has 1 saturated heterocycles. The first-order valence-corrected chi connectivity index (χ1v) is 11.1. The van der Waals surface area contributed by atoms with Gasteiger partial charge in [0.05, 0.1) is 25.9 Å². The smallest absolute Gasteiger partial charge is 0.187 e. The summed E-state index contributed by atoms with van der Waals surface area (Å²) in [6, 6.07) is 9.84. The highest BCUT2D eigenvalue weighted by Gasteiger charge is 2.44. The molecule has 0 aromatic heterocycles. The normalized spacial score (nSPS) is 27.8. The first-order valence-electron chi connectivity index (χ1n) is 11.1. The van der Waals surface area contributed by atoms with Crippen molar-refractivity contribution in [2.24, 2.45) is 0 Å². The minimum absolute atomic E-state index is 0.318. The van der Waals surface area contributed by atoms with Gasteiger partial charge in [-0.25, -0.2) is 0 Å². The molecule has 1 aromatic rings. The van der Waals surface area contributed by atoms with Crippen LogP contribution in [0.3, 0.4) is 0 Å². The number of rotatable bonds is 14. The number of aliphatic hydroxyl groups excluding tert-OH is 4. The maximum atomic E-state index is 10.3. The Balaban J connectivity index is 1.88. The van der Waals surface area contributed by atoms with Gasteiger partial charge in [-0.1, -0.05) is 75.8 Å². The molecular weight excluding hydrogens is 388 g/mol. The van der Waals surface area contributed by atoms with Crippen molar-refractivity contribution in [1.82, 2.24) is 0 Å². The molecule has 0 bridgehead atoms. The van der Waals surface area contributed by atoms with Crippen LogP contribution in [0.1, 0.15) is 57.4 Å². The molecule has 4 N–H and O–H groups in total. The molecule has 30 heavy (non-hydrogen) atoms. The zero-order chi connectivity index (χ0) is 21.8. The summed E-state index contributed by atoms with van der Waals surface area (Å²) in [6.45, 7) is 2.48. The molecule has 2 rings (SSSR count). The average Bonchev–Trinajstić information content (AvgIpc) is 2.76. The lowest BCUT2D eigenvalue weighted by molar-refractivity contribution is -0.314. The number of unbranched alkanes of at least 4 members (excludes halogenated alkanes) is 5. The second-order valence-electron chi connectivity index (χ2n) is 8.01. The van der Waals surface area contributed by atoms with Crippen LogP contribution >= 0.6 is 0 Å². The zero-order valence-corrected chi connectivity index (χ0v) is 17.9. The van der Waals surface area contributed by atoms with E-state index < -0.39 is 37.3 Å². The third-order valence-corrected chi connectivity index (χ3v) is 5.47. The first-order chi connectivity index (χ1) is 14.6. The van der Waals surface area contributed by atoms with Gasteiger partial charge in [0, 0.05) is 0 Å². The average molecular weight is 427 g/mol. The highest BCUT2D eigenvalue weighted by Crippen LogP contribution is 2.24. The fourth-order valence-corrected chi connectivity index (χ4v) is 3.59. The lowest BCUT2D eigenvalue weighted by atomic mass is 9.99. The van der Waals surface area contributed by atoms with Gasteiger partial charge < -0.3 is 34.6 Å². The fourth-order valence-electron chi connectivity index (χ4n) is 3.59. The molecule has 0 spiro atoms. The van der Waals surface area contributed by atoms with Crippen LogP contribution < -0.4 is 0 Å². The number of hydrogen-bond acceptors (Lipinski definition) is 7. The Bertz CT molecular complexity index is 554. The quantitative estimate of drug-likeness (QED) is 0.338. The van der Waals surface area contributed by atoms with Crippen molar-refractivity contribution < 1.29 is 34.6 Å². The van der Waals surface area contributed by atoms with Gasteiger partial charge in [-0.15, -0.1) is 0 Å². The van der Waals surface area contributed by atoms with Crippen LogP contribution in [0.4, 0.5) is 0 Å². The molecule has 7 heteroatoms. The molecule has 0 aliphatic carbocycles. The second kappa shape index (κ2) is 14.1. The molecule has 1 aromatic carbocycles. The second-order valence-corrected chi connectivity index (χ2v) is 8.01. The van der Waals surface area contributed by atoms with Crippen LogP contribution in [-0.4, -0.2) is 70.4 Å². The lowest BCUT2D eigenvalue weighted by Gasteiger charge is -2.40. The van der Waals surface area contributed by atoms with Crippen molar-refractivity contribution >= 4 is 0 Å². The van der Waals surface area contributed by atoms with Crippen molar-refractivity contribution in [3.8, 4) is 0 Å². The van der Waals surface area contributed by atoms with E-state index in [0.29, 0.717) is 13.2 Å². The third-order valence-electron chi connectivity index (χ3n) is 5.47. The molecule has 1 heterocycles. The molecule has 0 saturated carbocycles. The molecule has 172 valence electrons. The number of hydrogen-bond donors (Lipinski definition) is 4. The van der Waals surface area contributed by atoms with Gasteiger partial charge in [-0.2, -0.15) is 0 Å². The van der Waals surface area contributed by atoms with E-state index in [2.05, 4.69) is 6.92 Å². The van der Waals surface area contributed by atoms with Gasteiger partial charge in [0.2, 0.25) is 0 Å². The van der Waals surface area contributed by atoms with E-state index in [1.807, 2.05) is 30.3 Å². The van der Waals surface area contributed by atoms with Gasteiger partial charge in [0.25, 0.3) is 0 Å². The summed E-state index contributed by atoms with van der Waals surface area (Å²) in [7, 11) is 0. The van der Waals surface area contributed by atoms with E-state index in [-0.39, 0.29) is 6.10 Å². The lowest BCUT2D eigenvalue weighted by Crippen LogP contribution is -2.59. The van der Waals surface area contributed by atoms with Crippen molar-refractivity contribution in [3.05, 3.63) is 35.9 Å².